The van der Waals surface area contributed by atoms with E-state index < -0.39 is 77.0 Å². The van der Waals surface area contributed by atoms with E-state index in [4.69, 9.17) is 0 Å². The van der Waals surface area contributed by atoms with Crippen molar-refractivity contribution in [2.24, 2.45) is 0 Å². The highest BCUT2D eigenvalue weighted by Crippen LogP contribution is 2.54. The van der Waals surface area contributed by atoms with Crippen molar-refractivity contribution >= 4 is 0 Å². The fourth-order valence-electron chi connectivity index (χ4n) is 2.28. The number of hydrogen-bond acceptors (Lipinski definition) is 2. The molecule has 0 fully saturated rings. The van der Waals surface area contributed by atoms with E-state index in [1.165, 1.54) is 0 Å². The Labute approximate surface area is 152 Å². The fourth-order valence-corrected chi connectivity index (χ4v) is 2.28. The zero-order valence-electron chi connectivity index (χ0n) is 13.6. The fraction of sp³-hybridized carbons (Fsp3) is 0.571. The second-order valence-corrected chi connectivity index (χ2v) is 5.87. The van der Waals surface area contributed by atoms with Gasteiger partial charge < -0.3 is 10.2 Å². The summed E-state index contributed by atoms with van der Waals surface area (Å²) in [6.45, 7) is 0.378. The smallest absolute Gasteiger partial charge is 0.369 e. The van der Waals surface area contributed by atoms with Crippen LogP contribution < -0.4 is 0 Å². The zero-order valence-corrected chi connectivity index (χ0v) is 13.6. The topological polar surface area (TPSA) is 40.5 Å². The molecule has 1 unspecified atom stereocenters. The molecule has 2 N–H and O–H groups in total. The summed E-state index contributed by atoms with van der Waals surface area (Å²) in [4.78, 5) is 0. The van der Waals surface area contributed by atoms with E-state index in [1.54, 1.807) is 0 Å². The van der Waals surface area contributed by atoms with Gasteiger partial charge in [0.25, 0.3) is 11.2 Å². The van der Waals surface area contributed by atoms with Crippen molar-refractivity contribution in [3.8, 4) is 0 Å². The summed E-state index contributed by atoms with van der Waals surface area (Å²) >= 11 is 0. The molecule has 0 amide bonds. The molecule has 0 aliphatic carbocycles. The van der Waals surface area contributed by atoms with Crippen LogP contribution in [0, 0.1) is 0 Å². The van der Waals surface area contributed by atoms with Gasteiger partial charge in [0, 0.05) is 11.1 Å². The van der Waals surface area contributed by atoms with Crippen LogP contribution in [0.3, 0.4) is 0 Å². The maximum Gasteiger partial charge on any atom is 0.430 e. The van der Waals surface area contributed by atoms with Crippen LogP contribution >= 0.6 is 0 Å². The molecule has 0 radical (unpaired) electrons. The third-order valence-corrected chi connectivity index (χ3v) is 3.89. The molecule has 15 heteroatoms. The largest absolute Gasteiger partial charge is 0.430 e. The van der Waals surface area contributed by atoms with E-state index in [0.717, 1.165) is 0 Å². The molecule has 0 aliphatic heterocycles. The lowest BCUT2D eigenvalue weighted by atomic mass is 9.83. The lowest BCUT2D eigenvalue weighted by Gasteiger charge is -2.36. The van der Waals surface area contributed by atoms with Crippen LogP contribution in [-0.4, -0.2) is 34.9 Å². The summed E-state index contributed by atoms with van der Waals surface area (Å²) in [5.74, 6) is 0. The van der Waals surface area contributed by atoms with Crippen molar-refractivity contribution in [3.05, 3.63) is 34.9 Å². The minimum absolute atomic E-state index is 0.378. The van der Waals surface area contributed by atoms with Gasteiger partial charge in [0.2, 0.25) is 0 Å². The Bertz CT molecular complexity index is 656. The monoisotopic (exact) mass is 456 g/mol. The molecule has 0 bridgehead atoms. The first kappa shape index (κ1) is 25.3. The van der Waals surface area contributed by atoms with E-state index >= 15 is 0 Å². The average molecular weight is 456 g/mol. The van der Waals surface area contributed by atoms with Crippen LogP contribution in [0.2, 0.25) is 0 Å². The van der Waals surface area contributed by atoms with Gasteiger partial charge in [-0.2, -0.15) is 52.7 Å². The Morgan fingerprint density at radius 3 is 1.00 bits per heavy atom. The molecule has 29 heavy (non-hydrogen) atoms. The zero-order chi connectivity index (χ0) is 23.4. The molecule has 0 aromatic heterocycles. The Morgan fingerprint density at radius 1 is 0.586 bits per heavy atom. The van der Waals surface area contributed by atoms with Crippen molar-refractivity contribution in [3.63, 3.8) is 0 Å². The Hall–Kier alpha value is -1.77. The second-order valence-electron chi connectivity index (χ2n) is 5.87. The SMILES string of the molecule is CC(F)c1cc(C(O)(C(F)(F)F)C(F)(F)F)cc(C(O)(C(F)(F)F)C(F)(F)F)c1. The highest BCUT2D eigenvalue weighted by molar-refractivity contribution is 5.40. The van der Waals surface area contributed by atoms with E-state index in [9.17, 15) is 67.3 Å². The molecule has 0 saturated carbocycles. The van der Waals surface area contributed by atoms with Gasteiger partial charge in [0.05, 0.1) is 0 Å². The number of alkyl halides is 13. The third-order valence-electron chi connectivity index (χ3n) is 3.89. The third kappa shape index (κ3) is 3.98. The van der Waals surface area contributed by atoms with Crippen LogP contribution in [0.15, 0.2) is 18.2 Å². The van der Waals surface area contributed by atoms with Crippen molar-refractivity contribution in [1.82, 2.24) is 0 Å². The number of aliphatic hydroxyl groups is 2. The predicted molar refractivity (Wildman–Crippen MR) is 68.0 cm³/mol. The van der Waals surface area contributed by atoms with Gasteiger partial charge in [-0.15, -0.1) is 0 Å². The Morgan fingerprint density at radius 2 is 0.828 bits per heavy atom. The first-order valence-corrected chi connectivity index (χ1v) is 7.03. The molecular formula is C14H9F13O2. The standard InChI is InChI=1S/C14H9F13O2/c1-5(15)6-2-7(9(28,11(16,17)18)12(19,20)21)4-8(3-6)10(29,13(22,23)24)14(25,26)27/h2-5,28-29H,1H3. The van der Waals surface area contributed by atoms with Gasteiger partial charge in [-0.3, -0.25) is 0 Å². The van der Waals surface area contributed by atoms with E-state index in [2.05, 4.69) is 0 Å². The summed E-state index contributed by atoms with van der Waals surface area (Å²) in [6.07, 6.45) is -29.4. The number of halogens is 13. The summed E-state index contributed by atoms with van der Waals surface area (Å²) in [5, 5.41) is 18.5. The first-order valence-electron chi connectivity index (χ1n) is 7.03. The molecule has 0 aliphatic rings. The second kappa shape index (κ2) is 6.89. The molecule has 0 saturated heterocycles. The Kier molecular flexibility index (Phi) is 6.00. The van der Waals surface area contributed by atoms with Crippen molar-refractivity contribution in [1.29, 1.82) is 0 Å². The summed E-state index contributed by atoms with van der Waals surface area (Å²) in [6, 6.07) is -1.78. The van der Waals surface area contributed by atoms with Gasteiger partial charge in [0.15, 0.2) is 0 Å². The first-order chi connectivity index (χ1) is 12.5. The maximum atomic E-state index is 13.5. The van der Waals surface area contributed by atoms with Crippen molar-refractivity contribution < 1.29 is 67.3 Å². The van der Waals surface area contributed by atoms with Crippen molar-refractivity contribution in [2.75, 3.05) is 0 Å². The minimum Gasteiger partial charge on any atom is -0.369 e. The summed E-state index contributed by atoms with van der Waals surface area (Å²) < 4.78 is 169. The van der Waals surface area contributed by atoms with Crippen molar-refractivity contribution in [2.45, 2.75) is 49.0 Å². The van der Waals surface area contributed by atoms with Crippen LogP contribution in [0.25, 0.3) is 0 Å². The predicted octanol–water partition coefficient (Wildman–Crippen LogP) is 5.34. The molecule has 0 heterocycles. The van der Waals surface area contributed by atoms with Crippen LogP contribution in [0.1, 0.15) is 29.8 Å². The number of hydrogen-bond donors (Lipinski definition) is 2. The molecule has 2 nitrogen and oxygen atoms in total. The molecule has 1 rings (SSSR count). The molecule has 168 valence electrons. The number of benzene rings is 1. The van der Waals surface area contributed by atoms with Gasteiger partial charge in [0.1, 0.15) is 6.17 Å². The van der Waals surface area contributed by atoms with E-state index in [0.29, 0.717) is 6.92 Å². The molecule has 1 aromatic rings. The lowest BCUT2D eigenvalue weighted by Crippen LogP contribution is -2.56. The molecule has 1 aromatic carbocycles. The number of rotatable bonds is 3. The van der Waals surface area contributed by atoms with Crippen LogP contribution in [0.4, 0.5) is 57.1 Å². The molecular weight excluding hydrogens is 447 g/mol. The average Bonchev–Trinajstić information content (AvgIpc) is 2.48. The van der Waals surface area contributed by atoms with E-state index in [1.807, 2.05) is 0 Å². The van der Waals surface area contributed by atoms with Gasteiger partial charge in [-0.1, -0.05) is 0 Å². The normalized spacial score (nSPS) is 16.1. The molecule has 1 atom stereocenters. The summed E-state index contributed by atoms with van der Waals surface area (Å²) in [5.41, 5.74) is -18.6. The highest BCUT2D eigenvalue weighted by Gasteiger charge is 2.74. The maximum absolute atomic E-state index is 13.5. The van der Waals surface area contributed by atoms with Gasteiger partial charge in [-0.05, 0) is 30.7 Å². The Balaban J connectivity index is 4.10. The molecule has 0 spiro atoms. The van der Waals surface area contributed by atoms with Gasteiger partial charge in [-0.25, -0.2) is 4.39 Å². The van der Waals surface area contributed by atoms with Crippen LogP contribution in [0.5, 0.6) is 0 Å². The van der Waals surface area contributed by atoms with Gasteiger partial charge >= 0.3 is 24.7 Å². The van der Waals surface area contributed by atoms with E-state index in [-0.39, 0.29) is 0 Å². The van der Waals surface area contributed by atoms with Crippen LogP contribution in [-0.2, 0) is 11.2 Å². The highest BCUT2D eigenvalue weighted by atomic mass is 19.4. The summed E-state index contributed by atoms with van der Waals surface area (Å²) in [7, 11) is 0. The minimum atomic E-state index is -6.69. The quantitative estimate of drug-likeness (QED) is 0.603. The lowest BCUT2D eigenvalue weighted by molar-refractivity contribution is -0.378.